The molecule has 2 heterocycles. The van der Waals surface area contributed by atoms with Gasteiger partial charge in [0.05, 0.1) is 0 Å². The fraction of sp³-hybridized carbons (Fsp3) is 0.500. The standard InChI is InChI=1S/C16H21N/c1-16(2,3)15-12-8-4-5-9-13(12)17-11-7-6-10-14(15)17/h4-5,8-9H,6-7,10-11H2,1-3H3. The molecule has 1 nitrogen and oxygen atoms in total. The third-order valence-electron chi connectivity index (χ3n) is 3.87. The minimum Gasteiger partial charge on any atom is -0.344 e. The Bertz CT molecular complexity index is 555. The summed E-state index contributed by atoms with van der Waals surface area (Å²) in [5.41, 5.74) is 4.85. The van der Waals surface area contributed by atoms with Crippen molar-refractivity contribution in [3.63, 3.8) is 0 Å². The Balaban J connectivity index is 2.39. The summed E-state index contributed by atoms with van der Waals surface area (Å²) in [6, 6.07) is 8.90. The molecule has 0 spiro atoms. The van der Waals surface area contributed by atoms with Crippen LogP contribution in [-0.2, 0) is 18.4 Å². The minimum atomic E-state index is 0.248. The number of fused-ring (bicyclic) bond motifs is 3. The second-order valence-corrected chi connectivity index (χ2v) is 6.20. The summed E-state index contributed by atoms with van der Waals surface area (Å²) in [4.78, 5) is 0. The van der Waals surface area contributed by atoms with E-state index in [1.54, 1.807) is 11.3 Å². The van der Waals surface area contributed by atoms with Gasteiger partial charge in [-0.2, -0.15) is 0 Å². The Labute approximate surface area is 103 Å². The van der Waals surface area contributed by atoms with Gasteiger partial charge in [-0.1, -0.05) is 39.0 Å². The molecule has 17 heavy (non-hydrogen) atoms. The Kier molecular flexibility index (Phi) is 2.32. The minimum absolute atomic E-state index is 0.248. The summed E-state index contributed by atoms with van der Waals surface area (Å²) >= 11 is 0. The average molecular weight is 227 g/mol. The van der Waals surface area contributed by atoms with Crippen molar-refractivity contribution in [3.8, 4) is 0 Å². The molecule has 1 aromatic carbocycles. The van der Waals surface area contributed by atoms with Crippen molar-refractivity contribution < 1.29 is 0 Å². The lowest BCUT2D eigenvalue weighted by molar-refractivity contribution is 0.516. The van der Waals surface area contributed by atoms with Crippen molar-refractivity contribution in [1.82, 2.24) is 4.57 Å². The molecule has 1 aliphatic heterocycles. The van der Waals surface area contributed by atoms with Crippen LogP contribution in [0.4, 0.5) is 0 Å². The van der Waals surface area contributed by atoms with Gasteiger partial charge in [-0.3, -0.25) is 0 Å². The predicted molar refractivity (Wildman–Crippen MR) is 73.6 cm³/mol. The first-order valence-corrected chi connectivity index (χ1v) is 6.69. The maximum atomic E-state index is 2.55. The molecule has 90 valence electrons. The number of rotatable bonds is 0. The highest BCUT2D eigenvalue weighted by Gasteiger charge is 2.26. The highest BCUT2D eigenvalue weighted by atomic mass is 15.0. The fourth-order valence-corrected chi connectivity index (χ4v) is 3.27. The monoisotopic (exact) mass is 227 g/mol. The van der Waals surface area contributed by atoms with E-state index in [-0.39, 0.29) is 5.41 Å². The van der Waals surface area contributed by atoms with Gasteiger partial charge in [0, 0.05) is 23.1 Å². The van der Waals surface area contributed by atoms with Gasteiger partial charge in [0.1, 0.15) is 0 Å². The van der Waals surface area contributed by atoms with E-state index < -0.39 is 0 Å². The largest absolute Gasteiger partial charge is 0.344 e. The summed E-state index contributed by atoms with van der Waals surface area (Å²) in [6.45, 7) is 8.21. The number of para-hydroxylation sites is 1. The first-order chi connectivity index (χ1) is 8.09. The van der Waals surface area contributed by atoms with Crippen LogP contribution in [0.3, 0.4) is 0 Å². The molecule has 3 rings (SSSR count). The molecular formula is C16H21N. The summed E-state index contributed by atoms with van der Waals surface area (Å²) in [5, 5.41) is 1.47. The van der Waals surface area contributed by atoms with E-state index in [9.17, 15) is 0 Å². The van der Waals surface area contributed by atoms with E-state index in [0.717, 1.165) is 0 Å². The third kappa shape index (κ3) is 1.60. The van der Waals surface area contributed by atoms with Crippen LogP contribution < -0.4 is 0 Å². The molecule has 0 radical (unpaired) electrons. The van der Waals surface area contributed by atoms with E-state index in [0.29, 0.717) is 0 Å². The lowest BCUT2D eigenvalue weighted by atomic mass is 9.83. The topological polar surface area (TPSA) is 4.93 Å². The van der Waals surface area contributed by atoms with Gasteiger partial charge in [-0.15, -0.1) is 0 Å². The molecule has 0 saturated carbocycles. The zero-order valence-electron chi connectivity index (χ0n) is 11.1. The van der Waals surface area contributed by atoms with Gasteiger partial charge >= 0.3 is 0 Å². The molecule has 2 aromatic rings. The van der Waals surface area contributed by atoms with Gasteiger partial charge in [-0.25, -0.2) is 0 Å². The van der Waals surface area contributed by atoms with Gasteiger partial charge in [0.15, 0.2) is 0 Å². The second kappa shape index (κ2) is 3.63. The molecule has 0 N–H and O–H groups in total. The van der Waals surface area contributed by atoms with E-state index in [1.807, 2.05) is 0 Å². The van der Waals surface area contributed by atoms with Crippen molar-refractivity contribution in [2.45, 2.75) is 52.0 Å². The summed E-state index contributed by atoms with van der Waals surface area (Å²) in [7, 11) is 0. The first-order valence-electron chi connectivity index (χ1n) is 6.69. The molecular weight excluding hydrogens is 206 g/mol. The fourth-order valence-electron chi connectivity index (χ4n) is 3.27. The summed E-state index contributed by atoms with van der Waals surface area (Å²) in [6.07, 6.45) is 3.93. The number of aryl methyl sites for hydroxylation is 1. The highest BCUT2D eigenvalue weighted by molar-refractivity contribution is 5.86. The van der Waals surface area contributed by atoms with E-state index in [1.165, 1.54) is 36.7 Å². The Hall–Kier alpha value is -1.24. The number of nitrogens with zero attached hydrogens (tertiary/aromatic N) is 1. The van der Waals surface area contributed by atoms with E-state index in [2.05, 4.69) is 49.6 Å². The molecule has 0 saturated heterocycles. The van der Waals surface area contributed by atoms with Gasteiger partial charge in [0.2, 0.25) is 0 Å². The Morgan fingerprint density at radius 2 is 1.82 bits per heavy atom. The quantitative estimate of drug-likeness (QED) is 0.633. The van der Waals surface area contributed by atoms with Crippen LogP contribution >= 0.6 is 0 Å². The van der Waals surface area contributed by atoms with Crippen LogP contribution in [0.25, 0.3) is 10.9 Å². The van der Waals surface area contributed by atoms with Crippen LogP contribution in [0.2, 0.25) is 0 Å². The smallest absolute Gasteiger partial charge is 0.0485 e. The SMILES string of the molecule is CC(C)(C)c1c2n(c3ccccc13)CCCC2. The molecule has 0 atom stereocenters. The van der Waals surface area contributed by atoms with Gasteiger partial charge in [0.25, 0.3) is 0 Å². The van der Waals surface area contributed by atoms with Crippen LogP contribution in [0, 0.1) is 0 Å². The Morgan fingerprint density at radius 1 is 1.06 bits per heavy atom. The summed E-state index contributed by atoms with van der Waals surface area (Å²) < 4.78 is 2.55. The zero-order chi connectivity index (χ0) is 12.0. The molecule has 0 aliphatic carbocycles. The molecule has 0 fully saturated rings. The van der Waals surface area contributed by atoms with Gasteiger partial charge < -0.3 is 4.57 Å². The summed E-state index contributed by atoms with van der Waals surface area (Å²) in [5.74, 6) is 0. The molecule has 0 amide bonds. The number of benzene rings is 1. The lowest BCUT2D eigenvalue weighted by Gasteiger charge is -2.24. The van der Waals surface area contributed by atoms with Gasteiger partial charge in [-0.05, 0) is 36.3 Å². The van der Waals surface area contributed by atoms with Crippen molar-refractivity contribution in [1.29, 1.82) is 0 Å². The normalized spacial score (nSPS) is 16.2. The maximum Gasteiger partial charge on any atom is 0.0485 e. The first kappa shape index (κ1) is 10.9. The number of aromatic nitrogens is 1. The van der Waals surface area contributed by atoms with Crippen LogP contribution in [0.5, 0.6) is 0 Å². The highest BCUT2D eigenvalue weighted by Crippen LogP contribution is 2.37. The van der Waals surface area contributed by atoms with Crippen LogP contribution in [0.1, 0.15) is 44.9 Å². The predicted octanol–water partition coefficient (Wildman–Crippen LogP) is 4.28. The number of hydrogen-bond acceptors (Lipinski definition) is 0. The lowest BCUT2D eigenvalue weighted by Crippen LogP contribution is -2.17. The van der Waals surface area contributed by atoms with Crippen molar-refractivity contribution in [2.24, 2.45) is 0 Å². The molecule has 0 unspecified atom stereocenters. The maximum absolute atomic E-state index is 2.55. The van der Waals surface area contributed by atoms with Crippen LogP contribution in [0.15, 0.2) is 24.3 Å². The van der Waals surface area contributed by atoms with E-state index in [4.69, 9.17) is 0 Å². The Morgan fingerprint density at radius 3 is 2.59 bits per heavy atom. The molecule has 1 heteroatoms. The second-order valence-electron chi connectivity index (χ2n) is 6.20. The van der Waals surface area contributed by atoms with Crippen molar-refractivity contribution in [3.05, 3.63) is 35.5 Å². The zero-order valence-corrected chi connectivity index (χ0v) is 11.1. The number of hydrogen-bond donors (Lipinski definition) is 0. The average Bonchev–Trinajstić information content (AvgIpc) is 2.63. The van der Waals surface area contributed by atoms with E-state index >= 15 is 0 Å². The third-order valence-corrected chi connectivity index (χ3v) is 3.87. The molecule has 1 aromatic heterocycles. The molecule has 0 bridgehead atoms. The van der Waals surface area contributed by atoms with Crippen molar-refractivity contribution >= 4 is 10.9 Å². The van der Waals surface area contributed by atoms with Crippen molar-refractivity contribution in [2.75, 3.05) is 0 Å². The van der Waals surface area contributed by atoms with Crippen LogP contribution in [-0.4, -0.2) is 4.57 Å². The molecule has 1 aliphatic rings.